The van der Waals surface area contributed by atoms with Gasteiger partial charge in [-0.15, -0.1) is 0 Å². The Hall–Kier alpha value is -4.54. The summed E-state index contributed by atoms with van der Waals surface area (Å²) in [6.07, 6.45) is 0. The first-order valence-corrected chi connectivity index (χ1v) is 17.2. The molecule has 0 radical (unpaired) electrons. The molecule has 3 heterocycles. The third-order valence-corrected chi connectivity index (χ3v) is 8.93. The average molecular weight is 653 g/mol. The first-order valence-electron chi connectivity index (χ1n) is 16.1. The Morgan fingerprint density at radius 2 is 1.55 bits per heavy atom. The molecule has 1 N–H and O–H groups in total. The van der Waals surface area contributed by atoms with Gasteiger partial charge in [-0.3, -0.25) is 9.69 Å². The number of rotatable bonds is 13. The monoisotopic (exact) mass is 652 g/mol. The zero-order chi connectivity index (χ0) is 32.6. The minimum absolute atomic E-state index is 0.108. The smallest absolute Gasteiger partial charge is 0.274 e. The Morgan fingerprint density at radius 1 is 0.894 bits per heavy atom. The highest BCUT2D eigenvalue weighted by molar-refractivity contribution is 7.99. The average Bonchev–Trinajstić information content (AvgIpc) is 3.75. The summed E-state index contributed by atoms with van der Waals surface area (Å²) in [7, 11) is 0. The largest absolute Gasteiger partial charge is 0.488 e. The van der Waals surface area contributed by atoms with E-state index in [1.54, 1.807) is 0 Å². The normalized spacial score (nSPS) is 13.5. The van der Waals surface area contributed by atoms with E-state index in [1.807, 2.05) is 97.5 Å². The fraction of sp³-hybridized carbons (Fsp3) is 0.324. The second-order valence-corrected chi connectivity index (χ2v) is 13.0. The molecule has 2 aromatic heterocycles. The van der Waals surface area contributed by atoms with E-state index in [4.69, 9.17) is 18.5 Å². The molecule has 0 aliphatic carbocycles. The van der Waals surface area contributed by atoms with Crippen LogP contribution in [-0.2, 0) is 19.8 Å². The third kappa shape index (κ3) is 7.89. The van der Waals surface area contributed by atoms with Gasteiger partial charge in [0.2, 0.25) is 0 Å². The molecule has 5 aromatic rings. The van der Waals surface area contributed by atoms with Crippen molar-refractivity contribution in [2.24, 2.45) is 0 Å². The van der Waals surface area contributed by atoms with Gasteiger partial charge in [0.25, 0.3) is 5.91 Å². The predicted octanol–water partition coefficient (Wildman–Crippen LogP) is 7.58. The zero-order valence-electron chi connectivity index (χ0n) is 27.0. The van der Waals surface area contributed by atoms with Gasteiger partial charge in [-0.25, -0.2) is 0 Å². The van der Waals surface area contributed by atoms with E-state index in [9.17, 15) is 4.79 Å². The quantitative estimate of drug-likeness (QED) is 0.138. The molecule has 244 valence electrons. The first kappa shape index (κ1) is 32.4. The van der Waals surface area contributed by atoms with E-state index in [0.29, 0.717) is 60.4 Å². The van der Waals surface area contributed by atoms with Crippen LogP contribution in [0.25, 0.3) is 22.6 Å². The van der Waals surface area contributed by atoms with Crippen molar-refractivity contribution in [3.63, 3.8) is 0 Å². The van der Waals surface area contributed by atoms with Gasteiger partial charge in [-0.1, -0.05) is 84.8 Å². The molecule has 0 spiro atoms. The summed E-state index contributed by atoms with van der Waals surface area (Å²) < 4.78 is 24.8. The van der Waals surface area contributed by atoms with Crippen LogP contribution in [0, 0.1) is 0 Å². The molecule has 0 atom stereocenters. The minimum atomic E-state index is -0.359. The molecule has 1 aliphatic rings. The number of ether oxygens (including phenoxy) is 2. The predicted molar refractivity (Wildman–Crippen MR) is 184 cm³/mol. The van der Waals surface area contributed by atoms with Crippen molar-refractivity contribution in [3.8, 4) is 34.1 Å². The highest BCUT2D eigenvalue weighted by atomic mass is 32.2. The van der Waals surface area contributed by atoms with Crippen LogP contribution in [0.2, 0.25) is 0 Å². The maximum Gasteiger partial charge on any atom is 0.274 e. The van der Waals surface area contributed by atoms with Gasteiger partial charge >= 0.3 is 0 Å². The lowest BCUT2D eigenvalue weighted by Gasteiger charge is -2.24. The molecule has 0 unspecified atom stereocenters. The van der Waals surface area contributed by atoms with Crippen LogP contribution in [-0.4, -0.2) is 52.3 Å². The standard InChI is InChI=1S/C37H40N4O5S/c1-4-38-37(42)35-34(33-19-28(39-45-33)22-41-15-17-47-18-16-41)36(46-40-35)30-20-29(25(2)3)31(43-23-26-11-7-5-8-12-26)21-32(30)44-24-27-13-9-6-10-14-27/h5-14,19-21,25H,4,15-18,22-24H2,1-3H3,(H,38,42). The number of carbonyl (C=O) groups is 1. The topological polar surface area (TPSA) is 103 Å². The van der Waals surface area contributed by atoms with Crippen LogP contribution < -0.4 is 14.8 Å². The lowest BCUT2D eigenvalue weighted by molar-refractivity contribution is 0.0947. The number of nitrogens with zero attached hydrogens (tertiary/aromatic N) is 3. The molecule has 0 bridgehead atoms. The Labute approximate surface area is 279 Å². The van der Waals surface area contributed by atoms with E-state index >= 15 is 0 Å². The molecule has 1 amide bonds. The van der Waals surface area contributed by atoms with Gasteiger partial charge < -0.3 is 23.8 Å². The van der Waals surface area contributed by atoms with Crippen LogP contribution >= 0.6 is 11.8 Å². The second-order valence-electron chi connectivity index (χ2n) is 11.8. The maximum atomic E-state index is 13.3. The van der Waals surface area contributed by atoms with E-state index in [-0.39, 0.29) is 17.5 Å². The van der Waals surface area contributed by atoms with Crippen LogP contribution in [0.5, 0.6) is 11.5 Å². The summed E-state index contributed by atoms with van der Waals surface area (Å²) in [4.78, 5) is 15.7. The van der Waals surface area contributed by atoms with Crippen molar-refractivity contribution >= 4 is 17.7 Å². The Balaban J connectivity index is 1.44. The number of nitrogens with one attached hydrogen (secondary N) is 1. The fourth-order valence-electron chi connectivity index (χ4n) is 5.52. The van der Waals surface area contributed by atoms with Gasteiger partial charge in [-0.2, -0.15) is 11.8 Å². The van der Waals surface area contributed by atoms with Crippen molar-refractivity contribution in [1.82, 2.24) is 20.5 Å². The lowest BCUT2D eigenvalue weighted by Crippen LogP contribution is -2.32. The number of hydrogen-bond acceptors (Lipinski definition) is 9. The van der Waals surface area contributed by atoms with Gasteiger partial charge in [0.1, 0.15) is 30.3 Å². The molecule has 10 heteroatoms. The van der Waals surface area contributed by atoms with Crippen molar-refractivity contribution in [2.75, 3.05) is 31.1 Å². The highest BCUT2D eigenvalue weighted by Gasteiger charge is 2.30. The molecular formula is C37H40N4O5S. The number of amides is 1. The van der Waals surface area contributed by atoms with Crippen LogP contribution in [0.4, 0.5) is 0 Å². The summed E-state index contributed by atoms with van der Waals surface area (Å²) in [5, 5.41) is 11.5. The number of aromatic nitrogens is 2. The van der Waals surface area contributed by atoms with Crippen molar-refractivity contribution in [2.45, 2.75) is 46.4 Å². The molecule has 1 fully saturated rings. The highest BCUT2D eigenvalue weighted by Crippen LogP contribution is 2.44. The zero-order valence-corrected chi connectivity index (χ0v) is 27.8. The van der Waals surface area contributed by atoms with E-state index in [0.717, 1.165) is 47.0 Å². The van der Waals surface area contributed by atoms with Crippen molar-refractivity contribution in [1.29, 1.82) is 0 Å². The fourth-order valence-corrected chi connectivity index (χ4v) is 6.49. The van der Waals surface area contributed by atoms with Crippen LogP contribution in [0.1, 0.15) is 59.6 Å². The summed E-state index contributed by atoms with van der Waals surface area (Å²) in [5.74, 6) is 3.96. The molecule has 1 aliphatic heterocycles. The molecule has 6 rings (SSSR count). The van der Waals surface area contributed by atoms with E-state index < -0.39 is 0 Å². The molecule has 9 nitrogen and oxygen atoms in total. The van der Waals surface area contributed by atoms with Crippen molar-refractivity contribution in [3.05, 3.63) is 107 Å². The van der Waals surface area contributed by atoms with Crippen molar-refractivity contribution < 1.29 is 23.3 Å². The second kappa shape index (κ2) is 15.4. The maximum absolute atomic E-state index is 13.3. The van der Waals surface area contributed by atoms with Gasteiger partial charge in [0, 0.05) is 49.8 Å². The minimum Gasteiger partial charge on any atom is -0.488 e. The van der Waals surface area contributed by atoms with Crippen LogP contribution in [0.3, 0.4) is 0 Å². The molecule has 3 aromatic carbocycles. The number of benzene rings is 3. The summed E-state index contributed by atoms with van der Waals surface area (Å²) in [5.41, 5.74) is 5.02. The van der Waals surface area contributed by atoms with Gasteiger partial charge in [0.05, 0.1) is 11.3 Å². The summed E-state index contributed by atoms with van der Waals surface area (Å²) in [6, 6.07) is 25.8. The Bertz CT molecular complexity index is 1760. The molecule has 0 saturated carbocycles. The van der Waals surface area contributed by atoms with E-state index in [2.05, 4.69) is 34.4 Å². The number of hydrogen-bond donors (Lipinski definition) is 1. The first-order chi connectivity index (χ1) is 23.0. The molecular weight excluding hydrogens is 612 g/mol. The van der Waals surface area contributed by atoms with E-state index in [1.165, 1.54) is 0 Å². The molecule has 47 heavy (non-hydrogen) atoms. The summed E-state index contributed by atoms with van der Waals surface area (Å²) in [6.45, 7) is 9.90. The summed E-state index contributed by atoms with van der Waals surface area (Å²) >= 11 is 1.96. The van der Waals surface area contributed by atoms with Crippen LogP contribution in [0.15, 0.2) is 87.9 Å². The number of carbonyl (C=O) groups excluding carboxylic acids is 1. The Kier molecular flexibility index (Phi) is 10.6. The Morgan fingerprint density at radius 3 is 2.19 bits per heavy atom. The van der Waals surface area contributed by atoms with Gasteiger partial charge in [0.15, 0.2) is 17.2 Å². The number of thioether (sulfide) groups is 1. The third-order valence-electron chi connectivity index (χ3n) is 7.99. The SMILES string of the molecule is CCNC(=O)c1noc(-c2cc(C(C)C)c(OCc3ccccc3)cc2OCc2ccccc2)c1-c1cc(CN2CCSCC2)no1. The van der Waals surface area contributed by atoms with Gasteiger partial charge in [-0.05, 0) is 35.6 Å². The lowest BCUT2D eigenvalue weighted by atomic mass is 9.95. The molecule has 1 saturated heterocycles.